The molecule has 1 saturated carbocycles. The highest BCUT2D eigenvalue weighted by molar-refractivity contribution is 6.00. The molecule has 2 aromatic heterocycles. The van der Waals surface area contributed by atoms with Gasteiger partial charge in [0.05, 0.1) is 18.5 Å². The average molecular weight is 426 g/mol. The zero-order chi connectivity index (χ0) is 22.2. The number of unbranched alkanes of at least 4 members (excludes halogenated alkanes) is 1. The van der Waals surface area contributed by atoms with E-state index >= 15 is 0 Å². The third kappa shape index (κ3) is 3.81. The highest BCUT2D eigenvalue weighted by Crippen LogP contribution is 2.35. The zero-order valence-corrected chi connectivity index (χ0v) is 19.2. The monoisotopic (exact) mass is 425 g/mol. The van der Waals surface area contributed by atoms with Crippen LogP contribution in [0.2, 0.25) is 0 Å². The molecule has 2 amide bonds. The number of carbonyl (C=O) groups excluding carboxylic acids is 2. The van der Waals surface area contributed by atoms with Gasteiger partial charge in [-0.3, -0.25) is 9.59 Å². The largest absolute Gasteiger partial charge is 0.463 e. The van der Waals surface area contributed by atoms with Gasteiger partial charge in [-0.2, -0.15) is 0 Å². The first-order valence-corrected chi connectivity index (χ1v) is 11.7. The van der Waals surface area contributed by atoms with E-state index in [0.29, 0.717) is 36.4 Å². The lowest BCUT2D eigenvalue weighted by Crippen LogP contribution is -2.65. The van der Waals surface area contributed by atoms with Crippen molar-refractivity contribution in [3.8, 4) is 11.5 Å². The zero-order valence-electron chi connectivity index (χ0n) is 19.2. The van der Waals surface area contributed by atoms with Crippen molar-refractivity contribution < 1.29 is 14.0 Å². The van der Waals surface area contributed by atoms with Gasteiger partial charge < -0.3 is 19.2 Å². The summed E-state index contributed by atoms with van der Waals surface area (Å²) in [5.41, 5.74) is 0.509. The van der Waals surface area contributed by atoms with E-state index in [2.05, 4.69) is 26.1 Å². The molecule has 2 aromatic rings. The molecule has 4 rings (SSSR count). The third-order valence-corrected chi connectivity index (χ3v) is 7.53. The molecule has 31 heavy (non-hydrogen) atoms. The molecular formula is C25H35N3O3. The number of carbonyl (C=O) groups is 2. The molecule has 0 unspecified atom stereocenters. The number of nitrogens with zero attached hydrogens (tertiary/aromatic N) is 2. The molecule has 1 aliphatic carbocycles. The second kappa shape index (κ2) is 8.56. The number of furan rings is 1. The van der Waals surface area contributed by atoms with Gasteiger partial charge in [-0.05, 0) is 55.9 Å². The first kappa shape index (κ1) is 21.7. The highest BCUT2D eigenvalue weighted by Gasteiger charge is 2.48. The standard InChI is InChI=1S/C25H35N3O3/c1-5-6-14-28-23(29)21-13-12-20(22-11-8-15-31-22)27(21)16-25(28,4)24(30)26-19-10-7-9-17(2)18(19)3/h8,11-13,15,17-19H,5-7,9-10,14,16H2,1-4H3,(H,26,30)/t17-,18-,19+,25+/m0/s1. The second-order valence-electron chi connectivity index (χ2n) is 9.60. The lowest BCUT2D eigenvalue weighted by molar-refractivity contribution is -0.134. The Hall–Kier alpha value is -2.50. The average Bonchev–Trinajstić information content (AvgIpc) is 3.41. The van der Waals surface area contributed by atoms with Crippen LogP contribution in [-0.4, -0.2) is 39.4 Å². The Morgan fingerprint density at radius 1 is 1.23 bits per heavy atom. The van der Waals surface area contributed by atoms with Crippen molar-refractivity contribution in [2.45, 2.75) is 77.9 Å². The normalized spacial score (nSPS) is 28.5. The number of aromatic nitrogens is 1. The van der Waals surface area contributed by atoms with E-state index in [1.54, 1.807) is 11.2 Å². The quantitative estimate of drug-likeness (QED) is 0.729. The highest BCUT2D eigenvalue weighted by atomic mass is 16.3. The van der Waals surface area contributed by atoms with Crippen LogP contribution in [0, 0.1) is 11.8 Å². The van der Waals surface area contributed by atoms with Crippen molar-refractivity contribution in [2.75, 3.05) is 6.54 Å². The molecule has 0 bridgehead atoms. The molecule has 4 atom stereocenters. The summed E-state index contributed by atoms with van der Waals surface area (Å²) in [6.07, 6.45) is 6.82. The summed E-state index contributed by atoms with van der Waals surface area (Å²) in [6, 6.07) is 7.65. The Bertz CT molecular complexity index is 932. The first-order chi connectivity index (χ1) is 14.9. The summed E-state index contributed by atoms with van der Waals surface area (Å²) in [6.45, 7) is 9.53. The Balaban J connectivity index is 1.67. The maximum atomic E-state index is 13.7. The van der Waals surface area contributed by atoms with Crippen LogP contribution in [-0.2, 0) is 11.3 Å². The van der Waals surface area contributed by atoms with Crippen LogP contribution in [0.15, 0.2) is 34.9 Å². The van der Waals surface area contributed by atoms with Crippen LogP contribution in [0.25, 0.3) is 11.5 Å². The fourth-order valence-electron chi connectivity index (χ4n) is 5.19. The number of hydrogen-bond donors (Lipinski definition) is 1. The van der Waals surface area contributed by atoms with Crippen molar-refractivity contribution in [2.24, 2.45) is 11.8 Å². The second-order valence-corrected chi connectivity index (χ2v) is 9.60. The summed E-state index contributed by atoms with van der Waals surface area (Å²) >= 11 is 0. The van der Waals surface area contributed by atoms with Crippen molar-refractivity contribution in [3.05, 3.63) is 36.2 Å². The van der Waals surface area contributed by atoms with Crippen LogP contribution in [0.1, 0.15) is 70.3 Å². The van der Waals surface area contributed by atoms with E-state index < -0.39 is 5.54 Å². The number of nitrogens with one attached hydrogen (secondary N) is 1. The smallest absolute Gasteiger partial charge is 0.271 e. The molecule has 1 aliphatic heterocycles. The molecule has 6 heteroatoms. The summed E-state index contributed by atoms with van der Waals surface area (Å²) in [5.74, 6) is 1.61. The molecule has 2 aliphatic rings. The molecule has 1 fully saturated rings. The fourth-order valence-corrected chi connectivity index (χ4v) is 5.19. The molecule has 0 saturated heterocycles. The minimum Gasteiger partial charge on any atom is -0.463 e. The van der Waals surface area contributed by atoms with Gasteiger partial charge in [0.1, 0.15) is 17.0 Å². The van der Waals surface area contributed by atoms with Crippen molar-refractivity contribution in [1.29, 1.82) is 0 Å². The number of hydrogen-bond acceptors (Lipinski definition) is 3. The lowest BCUT2D eigenvalue weighted by atomic mass is 9.77. The summed E-state index contributed by atoms with van der Waals surface area (Å²) in [5, 5.41) is 3.34. The van der Waals surface area contributed by atoms with E-state index in [9.17, 15) is 9.59 Å². The van der Waals surface area contributed by atoms with Crippen LogP contribution in [0.3, 0.4) is 0 Å². The van der Waals surface area contributed by atoms with E-state index in [-0.39, 0.29) is 17.9 Å². The van der Waals surface area contributed by atoms with E-state index in [1.807, 2.05) is 35.8 Å². The molecule has 0 spiro atoms. The SMILES string of the molecule is CCCCN1C(=O)c2ccc(-c3ccco3)n2C[C@]1(C)C(=O)N[C@@H]1CCC[C@H](C)[C@@H]1C. The van der Waals surface area contributed by atoms with Crippen LogP contribution >= 0.6 is 0 Å². The third-order valence-electron chi connectivity index (χ3n) is 7.53. The Kier molecular flexibility index (Phi) is 6.00. The van der Waals surface area contributed by atoms with Gasteiger partial charge in [-0.15, -0.1) is 0 Å². The molecule has 1 N–H and O–H groups in total. The van der Waals surface area contributed by atoms with E-state index in [0.717, 1.165) is 31.4 Å². The van der Waals surface area contributed by atoms with Gasteiger partial charge in [0.25, 0.3) is 5.91 Å². The number of fused-ring (bicyclic) bond motifs is 1. The van der Waals surface area contributed by atoms with Crippen LogP contribution in [0.5, 0.6) is 0 Å². The summed E-state index contributed by atoms with van der Waals surface area (Å²) in [7, 11) is 0. The van der Waals surface area contributed by atoms with Crippen LogP contribution < -0.4 is 5.32 Å². The lowest BCUT2D eigenvalue weighted by Gasteiger charge is -2.46. The molecular weight excluding hydrogens is 390 g/mol. The summed E-state index contributed by atoms with van der Waals surface area (Å²) < 4.78 is 7.56. The predicted molar refractivity (Wildman–Crippen MR) is 121 cm³/mol. The topological polar surface area (TPSA) is 67.5 Å². The Labute approximate surface area is 185 Å². The molecule has 3 heterocycles. The maximum Gasteiger partial charge on any atom is 0.271 e. The predicted octanol–water partition coefficient (Wildman–Crippen LogP) is 4.70. The summed E-state index contributed by atoms with van der Waals surface area (Å²) in [4.78, 5) is 29.1. The Morgan fingerprint density at radius 2 is 2.00 bits per heavy atom. The minimum atomic E-state index is -0.944. The molecule has 0 aromatic carbocycles. The molecule has 0 radical (unpaired) electrons. The van der Waals surface area contributed by atoms with E-state index in [1.165, 1.54) is 6.42 Å². The number of amides is 2. The van der Waals surface area contributed by atoms with E-state index in [4.69, 9.17) is 4.42 Å². The van der Waals surface area contributed by atoms with Gasteiger partial charge in [0.15, 0.2) is 0 Å². The maximum absolute atomic E-state index is 13.7. The number of rotatable bonds is 6. The molecule has 6 nitrogen and oxygen atoms in total. The fraction of sp³-hybridized carbons (Fsp3) is 0.600. The van der Waals surface area contributed by atoms with Gasteiger partial charge in [-0.25, -0.2) is 0 Å². The van der Waals surface area contributed by atoms with Crippen molar-refractivity contribution in [1.82, 2.24) is 14.8 Å². The molecule has 168 valence electrons. The van der Waals surface area contributed by atoms with Gasteiger partial charge >= 0.3 is 0 Å². The van der Waals surface area contributed by atoms with Crippen molar-refractivity contribution in [3.63, 3.8) is 0 Å². The minimum absolute atomic E-state index is 0.0485. The van der Waals surface area contributed by atoms with Gasteiger partial charge in [0, 0.05) is 12.6 Å². The van der Waals surface area contributed by atoms with Crippen LogP contribution in [0.4, 0.5) is 0 Å². The van der Waals surface area contributed by atoms with Gasteiger partial charge in [-0.1, -0.05) is 40.0 Å². The van der Waals surface area contributed by atoms with Crippen molar-refractivity contribution >= 4 is 11.8 Å². The Morgan fingerprint density at radius 3 is 2.71 bits per heavy atom. The van der Waals surface area contributed by atoms with Gasteiger partial charge in [0.2, 0.25) is 5.91 Å². The first-order valence-electron chi connectivity index (χ1n) is 11.7.